The molecule has 0 saturated carbocycles. The summed E-state index contributed by atoms with van der Waals surface area (Å²) in [5.41, 5.74) is 7.21. The molecule has 0 aliphatic rings. The highest BCUT2D eigenvalue weighted by atomic mass is 19.3. The van der Waals surface area contributed by atoms with E-state index in [9.17, 15) is 17.6 Å². The fourth-order valence-electron chi connectivity index (χ4n) is 1.44. The number of hydrogen-bond donors (Lipinski definition) is 2. The molecule has 1 aromatic carbocycles. The van der Waals surface area contributed by atoms with Gasteiger partial charge in [-0.15, -0.1) is 0 Å². The molecule has 0 aliphatic carbocycles. The summed E-state index contributed by atoms with van der Waals surface area (Å²) >= 11 is 0. The van der Waals surface area contributed by atoms with E-state index < -0.39 is 18.9 Å². The molecule has 0 amide bonds. The molecule has 102 valence electrons. The highest BCUT2D eigenvalue weighted by Crippen LogP contribution is 2.21. The maximum absolute atomic E-state index is 12.6. The minimum atomic E-state index is -3.99. The van der Waals surface area contributed by atoms with Crippen LogP contribution in [0.3, 0.4) is 0 Å². The first kappa shape index (κ1) is 14.9. The van der Waals surface area contributed by atoms with Crippen LogP contribution in [-0.2, 0) is 13.0 Å². The molecule has 0 bridgehead atoms. The van der Waals surface area contributed by atoms with Gasteiger partial charge < -0.3 is 11.1 Å². The van der Waals surface area contributed by atoms with E-state index in [4.69, 9.17) is 5.73 Å². The van der Waals surface area contributed by atoms with Crippen molar-refractivity contribution in [2.24, 2.45) is 5.73 Å². The Morgan fingerprint density at radius 1 is 1.11 bits per heavy atom. The van der Waals surface area contributed by atoms with Crippen LogP contribution in [0.4, 0.5) is 17.6 Å². The predicted molar refractivity (Wildman–Crippen MR) is 61.9 cm³/mol. The van der Waals surface area contributed by atoms with Crippen LogP contribution < -0.4 is 11.1 Å². The zero-order chi connectivity index (χ0) is 13.6. The minimum absolute atomic E-state index is 0.130. The van der Waals surface area contributed by atoms with Crippen molar-refractivity contribution in [2.45, 2.75) is 25.3 Å². The van der Waals surface area contributed by atoms with Crippen molar-refractivity contribution in [2.75, 3.05) is 13.1 Å². The van der Waals surface area contributed by atoms with Gasteiger partial charge in [-0.05, 0) is 24.1 Å². The van der Waals surface area contributed by atoms with Gasteiger partial charge in [0.2, 0.25) is 0 Å². The molecule has 0 spiro atoms. The molecule has 0 aliphatic heterocycles. The number of hydrogen-bond acceptors (Lipinski definition) is 2. The van der Waals surface area contributed by atoms with Crippen LogP contribution in [0.15, 0.2) is 24.3 Å². The number of benzene rings is 1. The van der Waals surface area contributed by atoms with Crippen molar-refractivity contribution in [1.82, 2.24) is 5.32 Å². The van der Waals surface area contributed by atoms with Crippen molar-refractivity contribution in [3.63, 3.8) is 0 Å². The molecule has 0 atom stereocenters. The Balaban J connectivity index is 2.40. The molecule has 18 heavy (non-hydrogen) atoms. The third kappa shape index (κ3) is 4.62. The Labute approximate surface area is 103 Å². The molecule has 0 radical (unpaired) electrons. The Hall–Kier alpha value is -1.14. The van der Waals surface area contributed by atoms with Gasteiger partial charge in [-0.1, -0.05) is 24.3 Å². The van der Waals surface area contributed by atoms with Gasteiger partial charge >= 0.3 is 12.3 Å². The lowest BCUT2D eigenvalue weighted by molar-refractivity contribution is -0.125. The topological polar surface area (TPSA) is 38.0 Å². The predicted octanol–water partition coefficient (Wildman–Crippen LogP) is 2.18. The summed E-state index contributed by atoms with van der Waals surface area (Å²) in [5.74, 6) is -3.99. The third-order valence-corrected chi connectivity index (χ3v) is 2.47. The van der Waals surface area contributed by atoms with Gasteiger partial charge in [0, 0.05) is 6.54 Å². The van der Waals surface area contributed by atoms with E-state index in [-0.39, 0.29) is 6.54 Å². The number of alkyl halides is 4. The van der Waals surface area contributed by atoms with Crippen molar-refractivity contribution in [3.05, 3.63) is 35.4 Å². The smallest absolute Gasteiger partial charge is 0.319 e. The molecule has 0 unspecified atom stereocenters. The van der Waals surface area contributed by atoms with Gasteiger partial charge in [0.15, 0.2) is 0 Å². The van der Waals surface area contributed by atoms with Gasteiger partial charge in [0.1, 0.15) is 0 Å². The Bertz CT molecular complexity index is 352. The van der Waals surface area contributed by atoms with E-state index in [1.54, 1.807) is 12.1 Å². The van der Waals surface area contributed by atoms with E-state index in [0.717, 1.165) is 17.5 Å². The van der Waals surface area contributed by atoms with Gasteiger partial charge in [-0.3, -0.25) is 0 Å². The molecule has 0 fully saturated rings. The van der Waals surface area contributed by atoms with E-state index in [1.165, 1.54) is 0 Å². The Morgan fingerprint density at radius 3 is 2.17 bits per heavy atom. The number of nitrogens with two attached hydrogens (primary N) is 1. The number of nitrogens with one attached hydrogen (secondary N) is 1. The van der Waals surface area contributed by atoms with Crippen LogP contribution in [0.5, 0.6) is 0 Å². The zero-order valence-corrected chi connectivity index (χ0v) is 9.80. The zero-order valence-electron chi connectivity index (χ0n) is 9.80. The summed E-state index contributed by atoms with van der Waals surface area (Å²) < 4.78 is 48.9. The van der Waals surface area contributed by atoms with Gasteiger partial charge in [-0.2, -0.15) is 8.78 Å². The quantitative estimate of drug-likeness (QED) is 0.741. The molecule has 3 N–H and O–H groups in total. The first-order valence-electron chi connectivity index (χ1n) is 5.60. The summed E-state index contributed by atoms with van der Waals surface area (Å²) in [6, 6.07) is 7.21. The monoisotopic (exact) mass is 264 g/mol. The summed E-state index contributed by atoms with van der Waals surface area (Å²) in [4.78, 5) is 0. The van der Waals surface area contributed by atoms with E-state index >= 15 is 0 Å². The normalized spacial score (nSPS) is 12.1. The van der Waals surface area contributed by atoms with Crippen LogP contribution in [0.25, 0.3) is 0 Å². The van der Waals surface area contributed by atoms with Gasteiger partial charge in [0.05, 0.1) is 6.54 Å². The fourth-order valence-corrected chi connectivity index (χ4v) is 1.44. The van der Waals surface area contributed by atoms with Crippen LogP contribution >= 0.6 is 0 Å². The summed E-state index contributed by atoms with van der Waals surface area (Å²) in [6.07, 6.45) is -2.89. The first-order valence-corrected chi connectivity index (χ1v) is 5.60. The maximum Gasteiger partial charge on any atom is 0.319 e. The number of halogens is 4. The molecule has 0 heterocycles. The Kier molecular flexibility index (Phi) is 5.55. The lowest BCUT2D eigenvalue weighted by atomic mass is 10.1. The first-order chi connectivity index (χ1) is 8.45. The van der Waals surface area contributed by atoms with Crippen LogP contribution in [-0.4, -0.2) is 25.4 Å². The highest BCUT2D eigenvalue weighted by molar-refractivity contribution is 5.22. The average Bonchev–Trinajstić information content (AvgIpc) is 2.31. The molecule has 1 aromatic rings. The van der Waals surface area contributed by atoms with Crippen LogP contribution in [0.2, 0.25) is 0 Å². The molecule has 0 aromatic heterocycles. The lowest BCUT2D eigenvalue weighted by Gasteiger charge is -2.15. The second-order valence-corrected chi connectivity index (χ2v) is 4.02. The van der Waals surface area contributed by atoms with Crippen molar-refractivity contribution in [1.29, 1.82) is 0 Å². The Morgan fingerprint density at radius 2 is 1.67 bits per heavy atom. The highest BCUT2D eigenvalue weighted by Gasteiger charge is 2.39. The second-order valence-electron chi connectivity index (χ2n) is 4.02. The fraction of sp³-hybridized carbons (Fsp3) is 0.500. The third-order valence-electron chi connectivity index (χ3n) is 2.47. The maximum atomic E-state index is 12.6. The minimum Gasteiger partial charge on any atom is -0.330 e. The SMILES string of the molecule is NCCc1ccc(CNCC(F)(F)C(F)F)cc1. The van der Waals surface area contributed by atoms with Crippen molar-refractivity contribution in [3.8, 4) is 0 Å². The molecule has 2 nitrogen and oxygen atoms in total. The van der Waals surface area contributed by atoms with Crippen LogP contribution in [0, 0.1) is 0 Å². The summed E-state index contributed by atoms with van der Waals surface area (Å²) in [7, 11) is 0. The molecule has 1 rings (SSSR count). The van der Waals surface area contributed by atoms with E-state index in [1.807, 2.05) is 12.1 Å². The average molecular weight is 264 g/mol. The molecular weight excluding hydrogens is 248 g/mol. The van der Waals surface area contributed by atoms with Gasteiger partial charge in [-0.25, -0.2) is 8.78 Å². The number of rotatable bonds is 7. The lowest BCUT2D eigenvalue weighted by Crippen LogP contribution is -2.38. The van der Waals surface area contributed by atoms with Gasteiger partial charge in [0.25, 0.3) is 0 Å². The van der Waals surface area contributed by atoms with E-state index in [2.05, 4.69) is 5.32 Å². The molecular formula is C12H16F4N2. The van der Waals surface area contributed by atoms with Crippen molar-refractivity contribution < 1.29 is 17.6 Å². The van der Waals surface area contributed by atoms with Crippen molar-refractivity contribution >= 4 is 0 Å². The summed E-state index contributed by atoms with van der Waals surface area (Å²) in [5, 5.41) is 2.32. The second kappa shape index (κ2) is 6.70. The van der Waals surface area contributed by atoms with Crippen LogP contribution in [0.1, 0.15) is 11.1 Å². The largest absolute Gasteiger partial charge is 0.330 e. The molecule has 0 saturated heterocycles. The standard InChI is InChI=1S/C12H16F4N2/c13-11(14)12(15,16)8-18-7-10-3-1-9(2-4-10)5-6-17/h1-4,11,18H,5-8,17H2. The van der Waals surface area contributed by atoms with E-state index in [0.29, 0.717) is 6.54 Å². The summed E-state index contributed by atoms with van der Waals surface area (Å²) in [6.45, 7) is -0.362. The molecule has 6 heteroatoms.